The molecule has 4 aliphatic rings. The second kappa shape index (κ2) is 12.3. The van der Waals surface area contributed by atoms with Crippen molar-refractivity contribution >= 4 is 33.2 Å². The highest BCUT2D eigenvalue weighted by Gasteiger charge is 2.44. The zero-order valence-electron chi connectivity index (χ0n) is 26.0. The highest BCUT2D eigenvalue weighted by molar-refractivity contribution is 7.90. The minimum Gasteiger partial charge on any atom is -0.490 e. The molecule has 1 fully saturated rings. The fourth-order valence-corrected chi connectivity index (χ4v) is 10.0. The number of aryl methyl sites for hydroxylation is 1. The lowest BCUT2D eigenvalue weighted by Crippen LogP contribution is -2.49. The fraction of sp³-hybridized carbons (Fsp3) is 0.571. The van der Waals surface area contributed by atoms with Crippen LogP contribution in [-0.4, -0.2) is 50.5 Å². The maximum Gasteiger partial charge on any atom is 0.264 e. The Balaban J connectivity index is 1.42. The Kier molecular flexibility index (Phi) is 8.81. The predicted octanol–water partition coefficient (Wildman–Crippen LogP) is 6.27. The summed E-state index contributed by atoms with van der Waals surface area (Å²) < 4.78 is 36.3. The first-order valence-corrected chi connectivity index (χ1v) is 18.1. The van der Waals surface area contributed by atoms with Gasteiger partial charge in [0.2, 0.25) is 10.0 Å². The number of nitrogens with one attached hydrogen (secondary N) is 1. The third-order valence-corrected chi connectivity index (χ3v) is 12.6. The summed E-state index contributed by atoms with van der Waals surface area (Å²) in [5.41, 5.74) is 3.34. The van der Waals surface area contributed by atoms with Crippen LogP contribution in [-0.2, 0) is 21.9 Å². The van der Waals surface area contributed by atoms with Gasteiger partial charge < -0.3 is 14.7 Å². The molecule has 7 nitrogen and oxygen atoms in total. The van der Waals surface area contributed by atoms with Crippen molar-refractivity contribution in [2.75, 3.05) is 24.6 Å². The van der Waals surface area contributed by atoms with Gasteiger partial charge in [-0.25, -0.2) is 13.1 Å². The number of benzene rings is 2. The van der Waals surface area contributed by atoms with E-state index < -0.39 is 27.3 Å². The largest absolute Gasteiger partial charge is 0.490 e. The number of halogens is 1. The second-order valence-corrected chi connectivity index (χ2v) is 16.4. The van der Waals surface area contributed by atoms with Gasteiger partial charge in [-0.05, 0) is 110 Å². The number of allylic oxidation sites excluding steroid dienone is 1. The molecule has 2 aromatic carbocycles. The number of carbonyl (C=O) groups excluding carboxylic acids is 1. The van der Waals surface area contributed by atoms with Gasteiger partial charge in [0.1, 0.15) is 5.75 Å². The van der Waals surface area contributed by atoms with Crippen molar-refractivity contribution in [1.29, 1.82) is 0 Å². The van der Waals surface area contributed by atoms with Crippen LogP contribution in [0.4, 0.5) is 5.69 Å². The molecule has 2 aliphatic heterocycles. The average molecular weight is 641 g/mol. The number of hydrogen-bond acceptors (Lipinski definition) is 6. The van der Waals surface area contributed by atoms with Crippen molar-refractivity contribution < 1.29 is 23.1 Å². The SMILES string of the molecule is CC(C)C[C@@H]1[C@@H](C)C/C=C/[C@H](O)[C@@H]2CC[C@H]2CN2C[C@@]3(CCCc4cc(Cl)ccc43)COc3ccc(cc32)C(=O)NS1(=O)=O. The number of carbonyl (C=O) groups is 1. The molecule has 1 spiro atoms. The molecule has 9 heteroatoms. The number of fused-ring (bicyclic) bond motifs is 4. The number of aliphatic hydroxyl groups excluding tert-OH is 1. The lowest BCUT2D eigenvalue weighted by atomic mass is 9.68. The third kappa shape index (κ3) is 6.14. The molecule has 0 aromatic heterocycles. The highest BCUT2D eigenvalue weighted by atomic mass is 35.5. The Hall–Kier alpha value is -2.55. The molecule has 6 atom stereocenters. The maximum atomic E-state index is 13.7. The summed E-state index contributed by atoms with van der Waals surface area (Å²) in [7, 11) is -3.97. The van der Waals surface area contributed by atoms with E-state index in [2.05, 4.69) is 21.8 Å². The van der Waals surface area contributed by atoms with Crippen molar-refractivity contribution in [2.45, 2.75) is 82.5 Å². The molecule has 1 saturated carbocycles. The number of hydrogen-bond donors (Lipinski definition) is 2. The van der Waals surface area contributed by atoms with Crippen LogP contribution in [0.3, 0.4) is 0 Å². The van der Waals surface area contributed by atoms with Crippen molar-refractivity contribution in [1.82, 2.24) is 4.72 Å². The van der Waals surface area contributed by atoms with Gasteiger partial charge in [0.25, 0.3) is 5.91 Å². The van der Waals surface area contributed by atoms with Crippen molar-refractivity contribution in [3.8, 4) is 5.75 Å². The molecular weight excluding hydrogens is 596 g/mol. The smallest absolute Gasteiger partial charge is 0.264 e. The van der Waals surface area contributed by atoms with Gasteiger partial charge in [-0.3, -0.25) is 4.79 Å². The number of anilines is 1. The van der Waals surface area contributed by atoms with E-state index in [4.69, 9.17) is 16.3 Å². The number of sulfonamides is 1. The van der Waals surface area contributed by atoms with Crippen LogP contribution in [0, 0.1) is 23.7 Å². The Bertz CT molecular complexity index is 1540. The molecule has 1 amide bonds. The van der Waals surface area contributed by atoms with Gasteiger partial charge >= 0.3 is 0 Å². The Morgan fingerprint density at radius 1 is 1.18 bits per heavy atom. The first kappa shape index (κ1) is 31.4. The molecule has 6 rings (SSSR count). The second-order valence-electron chi connectivity index (χ2n) is 14.1. The summed E-state index contributed by atoms with van der Waals surface area (Å²) in [6.07, 6.45) is 9.08. The van der Waals surface area contributed by atoms with Crippen molar-refractivity contribution in [2.24, 2.45) is 23.7 Å². The van der Waals surface area contributed by atoms with Gasteiger partial charge in [-0.1, -0.05) is 50.6 Å². The van der Waals surface area contributed by atoms with E-state index in [1.165, 1.54) is 11.1 Å². The zero-order chi connectivity index (χ0) is 31.2. The summed E-state index contributed by atoms with van der Waals surface area (Å²) in [5, 5.41) is 11.2. The van der Waals surface area contributed by atoms with E-state index >= 15 is 0 Å². The minimum atomic E-state index is -3.97. The summed E-state index contributed by atoms with van der Waals surface area (Å²) >= 11 is 6.40. The van der Waals surface area contributed by atoms with Crippen LogP contribution in [0.2, 0.25) is 5.02 Å². The number of ether oxygens (including phenoxy) is 1. The molecular formula is C35H45ClN2O5S. The van der Waals surface area contributed by atoms with Crippen LogP contribution < -0.4 is 14.4 Å². The quantitative estimate of drug-likeness (QED) is 0.376. The topological polar surface area (TPSA) is 95.9 Å². The van der Waals surface area contributed by atoms with E-state index in [1.54, 1.807) is 12.1 Å². The Morgan fingerprint density at radius 3 is 2.75 bits per heavy atom. The van der Waals surface area contributed by atoms with Crippen LogP contribution >= 0.6 is 11.6 Å². The molecule has 0 radical (unpaired) electrons. The average Bonchev–Trinajstić information content (AvgIpc) is 3.10. The lowest BCUT2D eigenvalue weighted by Gasteiger charge is -2.45. The molecule has 2 heterocycles. The van der Waals surface area contributed by atoms with E-state index in [9.17, 15) is 18.3 Å². The summed E-state index contributed by atoms with van der Waals surface area (Å²) in [6.45, 7) is 7.81. The summed E-state index contributed by atoms with van der Waals surface area (Å²) in [5.74, 6) is 0.379. The van der Waals surface area contributed by atoms with Crippen LogP contribution in [0.1, 0.15) is 80.8 Å². The predicted molar refractivity (Wildman–Crippen MR) is 175 cm³/mol. The standard InChI is InChI=1S/C35H45ClN2O5S/c1-22(2)16-33-23(3)6-4-8-31(39)28-12-9-26(28)19-38-20-35(15-5-7-24-17-27(36)11-13-29(24)35)21-43-32-14-10-25(18-30(32)38)34(40)37-44(33,41)42/h4,8,10-11,13-14,17-18,22-23,26,28,31,33,39H,5-7,9,12,15-16,19-21H2,1-3H3,(H,37,40)/b8-4+/t23-,26-,28+,31-,33+,35-/m0/s1. The number of aliphatic hydroxyl groups is 1. The molecule has 44 heavy (non-hydrogen) atoms. The monoisotopic (exact) mass is 640 g/mol. The first-order valence-electron chi connectivity index (χ1n) is 16.2. The van der Waals surface area contributed by atoms with Gasteiger partial charge in [0.05, 0.1) is 23.6 Å². The number of rotatable bonds is 2. The van der Waals surface area contributed by atoms with Gasteiger partial charge in [0, 0.05) is 29.1 Å². The first-order chi connectivity index (χ1) is 21.0. The molecule has 238 valence electrons. The minimum absolute atomic E-state index is 0.122. The van der Waals surface area contributed by atoms with Gasteiger partial charge in [0.15, 0.2) is 0 Å². The molecule has 0 unspecified atom stereocenters. The number of nitrogens with zero attached hydrogens (tertiary/aromatic N) is 1. The maximum absolute atomic E-state index is 13.7. The number of amides is 1. The van der Waals surface area contributed by atoms with E-state index in [1.807, 2.05) is 45.1 Å². The van der Waals surface area contributed by atoms with Crippen LogP contribution in [0.25, 0.3) is 0 Å². The van der Waals surface area contributed by atoms with Gasteiger partial charge in [-0.2, -0.15) is 0 Å². The molecule has 2 bridgehead atoms. The fourth-order valence-electron chi connectivity index (χ4n) is 7.93. The molecule has 2 N–H and O–H groups in total. The summed E-state index contributed by atoms with van der Waals surface area (Å²) in [6, 6.07) is 11.4. The molecule has 0 saturated heterocycles. The molecule has 2 aliphatic carbocycles. The normalized spacial score (nSPS) is 32.5. The van der Waals surface area contributed by atoms with Crippen LogP contribution in [0.15, 0.2) is 48.6 Å². The summed E-state index contributed by atoms with van der Waals surface area (Å²) in [4.78, 5) is 15.9. The zero-order valence-corrected chi connectivity index (χ0v) is 27.5. The third-order valence-electron chi connectivity index (χ3n) is 10.5. The lowest BCUT2D eigenvalue weighted by molar-refractivity contribution is 0.0455. The van der Waals surface area contributed by atoms with Crippen molar-refractivity contribution in [3.63, 3.8) is 0 Å². The van der Waals surface area contributed by atoms with E-state index in [0.717, 1.165) is 42.8 Å². The van der Waals surface area contributed by atoms with E-state index in [0.29, 0.717) is 43.9 Å². The van der Waals surface area contributed by atoms with E-state index in [-0.39, 0.29) is 29.1 Å². The van der Waals surface area contributed by atoms with Crippen LogP contribution in [0.5, 0.6) is 5.75 Å². The molecule has 2 aromatic rings. The highest BCUT2D eigenvalue weighted by Crippen LogP contribution is 2.46. The van der Waals surface area contributed by atoms with Crippen molar-refractivity contribution in [3.05, 3.63) is 70.3 Å². The Morgan fingerprint density at radius 2 is 2.00 bits per heavy atom. The van der Waals surface area contributed by atoms with Gasteiger partial charge in [-0.15, -0.1) is 0 Å². The Labute approximate surface area is 267 Å².